The minimum Gasteiger partial charge on any atom is -0.328 e. The van der Waals surface area contributed by atoms with Gasteiger partial charge in [-0.3, -0.25) is 4.79 Å². The quantitative estimate of drug-likeness (QED) is 0.777. The van der Waals surface area contributed by atoms with Crippen LogP contribution in [0.5, 0.6) is 0 Å². The lowest BCUT2D eigenvalue weighted by molar-refractivity contribution is 0.102. The molecule has 0 saturated carbocycles. The van der Waals surface area contributed by atoms with Crippen LogP contribution in [0.4, 0.5) is 10.1 Å². The first-order valence-electron chi connectivity index (χ1n) is 8.43. The summed E-state index contributed by atoms with van der Waals surface area (Å²) in [7, 11) is 0. The van der Waals surface area contributed by atoms with Crippen molar-refractivity contribution < 1.29 is 9.18 Å². The number of imidazole rings is 1. The topological polar surface area (TPSA) is 46.9 Å². The molecule has 1 aliphatic heterocycles. The standard InChI is InChI=1S/C20H18FN3O/c21-15-10-8-14(9-11-15)20(25)23-18-7-2-1-6-17(18)19-22-13-16-5-3-4-12-24(16)19/h1-2,6-11,13H,3-5,12H2,(H,23,25). The van der Waals surface area contributed by atoms with Crippen LogP contribution < -0.4 is 5.32 Å². The fourth-order valence-electron chi connectivity index (χ4n) is 3.23. The van der Waals surface area contributed by atoms with Gasteiger partial charge in [-0.1, -0.05) is 12.1 Å². The number of hydrogen-bond acceptors (Lipinski definition) is 2. The number of rotatable bonds is 3. The molecule has 2 heterocycles. The first-order valence-corrected chi connectivity index (χ1v) is 8.43. The molecule has 4 rings (SSSR count). The number of carbonyl (C=O) groups is 1. The van der Waals surface area contributed by atoms with E-state index in [1.165, 1.54) is 36.4 Å². The van der Waals surface area contributed by atoms with Crippen molar-refractivity contribution in [1.82, 2.24) is 9.55 Å². The molecule has 0 fully saturated rings. The van der Waals surface area contributed by atoms with Gasteiger partial charge in [0.25, 0.3) is 5.91 Å². The van der Waals surface area contributed by atoms with Gasteiger partial charge in [-0.15, -0.1) is 0 Å². The zero-order valence-electron chi connectivity index (χ0n) is 13.7. The van der Waals surface area contributed by atoms with Crippen molar-refractivity contribution in [3.63, 3.8) is 0 Å². The van der Waals surface area contributed by atoms with Crippen LogP contribution >= 0.6 is 0 Å². The largest absolute Gasteiger partial charge is 0.328 e. The average Bonchev–Trinajstić information content (AvgIpc) is 3.07. The van der Waals surface area contributed by atoms with Crippen LogP contribution in [-0.2, 0) is 13.0 Å². The van der Waals surface area contributed by atoms with E-state index < -0.39 is 0 Å². The highest BCUT2D eigenvalue weighted by Crippen LogP contribution is 2.30. The van der Waals surface area contributed by atoms with E-state index in [0.717, 1.165) is 30.8 Å². The Balaban J connectivity index is 1.67. The summed E-state index contributed by atoms with van der Waals surface area (Å²) in [6.07, 6.45) is 5.29. The van der Waals surface area contributed by atoms with Gasteiger partial charge in [0.1, 0.15) is 11.6 Å². The summed E-state index contributed by atoms with van der Waals surface area (Å²) in [5.74, 6) is 0.253. The number of aryl methyl sites for hydroxylation is 1. The number of anilines is 1. The van der Waals surface area contributed by atoms with Crippen LogP contribution in [0.15, 0.2) is 54.7 Å². The van der Waals surface area contributed by atoms with Crippen LogP contribution in [-0.4, -0.2) is 15.5 Å². The number of amides is 1. The number of hydrogen-bond donors (Lipinski definition) is 1. The van der Waals surface area contributed by atoms with Crippen molar-refractivity contribution in [3.8, 4) is 11.4 Å². The Morgan fingerprint density at radius 3 is 2.72 bits per heavy atom. The molecule has 1 N–H and O–H groups in total. The number of nitrogens with zero attached hydrogens (tertiary/aromatic N) is 2. The molecule has 0 saturated heterocycles. The Bertz CT molecular complexity index is 915. The van der Waals surface area contributed by atoms with Crippen molar-refractivity contribution in [2.24, 2.45) is 0 Å². The number of para-hydroxylation sites is 1. The van der Waals surface area contributed by atoms with E-state index >= 15 is 0 Å². The fourth-order valence-corrected chi connectivity index (χ4v) is 3.23. The number of benzene rings is 2. The molecule has 25 heavy (non-hydrogen) atoms. The number of halogens is 1. The van der Waals surface area contributed by atoms with E-state index in [1.54, 1.807) is 0 Å². The van der Waals surface area contributed by atoms with E-state index in [9.17, 15) is 9.18 Å². The van der Waals surface area contributed by atoms with Crippen molar-refractivity contribution >= 4 is 11.6 Å². The van der Waals surface area contributed by atoms with E-state index in [1.807, 2.05) is 30.5 Å². The second kappa shape index (κ2) is 6.51. The molecule has 1 aromatic heterocycles. The fraction of sp³-hybridized carbons (Fsp3) is 0.200. The second-order valence-corrected chi connectivity index (χ2v) is 6.19. The molecule has 0 spiro atoms. The molecule has 0 bridgehead atoms. The first kappa shape index (κ1) is 15.6. The normalized spacial score (nSPS) is 13.3. The van der Waals surface area contributed by atoms with E-state index in [2.05, 4.69) is 14.9 Å². The van der Waals surface area contributed by atoms with Crippen molar-refractivity contribution in [2.75, 3.05) is 5.32 Å². The predicted molar refractivity (Wildman–Crippen MR) is 95.0 cm³/mol. The smallest absolute Gasteiger partial charge is 0.255 e. The third-order valence-corrected chi connectivity index (χ3v) is 4.53. The Labute approximate surface area is 145 Å². The lowest BCUT2D eigenvalue weighted by Crippen LogP contribution is -2.14. The lowest BCUT2D eigenvalue weighted by Gasteiger charge is -2.18. The minimum atomic E-state index is -0.360. The van der Waals surface area contributed by atoms with Crippen LogP contribution in [0.3, 0.4) is 0 Å². The number of fused-ring (bicyclic) bond motifs is 1. The highest BCUT2D eigenvalue weighted by atomic mass is 19.1. The molecular formula is C20H18FN3O. The van der Waals surface area contributed by atoms with Gasteiger partial charge in [-0.2, -0.15) is 0 Å². The van der Waals surface area contributed by atoms with Gasteiger partial charge < -0.3 is 9.88 Å². The Kier molecular flexibility index (Phi) is 4.06. The van der Waals surface area contributed by atoms with Gasteiger partial charge in [0.2, 0.25) is 0 Å². The molecule has 4 nitrogen and oxygen atoms in total. The monoisotopic (exact) mass is 335 g/mol. The Morgan fingerprint density at radius 1 is 1.08 bits per heavy atom. The van der Waals surface area contributed by atoms with Gasteiger partial charge in [0.05, 0.1) is 5.69 Å². The van der Waals surface area contributed by atoms with Gasteiger partial charge in [-0.25, -0.2) is 9.37 Å². The van der Waals surface area contributed by atoms with Crippen LogP contribution in [0.25, 0.3) is 11.4 Å². The highest BCUT2D eigenvalue weighted by molar-refractivity contribution is 6.06. The molecular weight excluding hydrogens is 317 g/mol. The third-order valence-electron chi connectivity index (χ3n) is 4.53. The molecule has 0 aliphatic carbocycles. The first-order chi connectivity index (χ1) is 12.2. The predicted octanol–water partition coefficient (Wildman–Crippen LogP) is 4.28. The lowest BCUT2D eigenvalue weighted by atomic mass is 10.1. The number of aromatic nitrogens is 2. The maximum Gasteiger partial charge on any atom is 0.255 e. The zero-order valence-corrected chi connectivity index (χ0v) is 13.7. The summed E-state index contributed by atoms with van der Waals surface area (Å²) in [6.45, 7) is 0.949. The van der Waals surface area contributed by atoms with Gasteiger partial charge in [0, 0.05) is 29.6 Å². The SMILES string of the molecule is O=C(Nc1ccccc1-c1ncc2n1CCCC2)c1ccc(F)cc1. The maximum absolute atomic E-state index is 13.0. The van der Waals surface area contributed by atoms with Crippen LogP contribution in [0.1, 0.15) is 28.9 Å². The maximum atomic E-state index is 13.0. The zero-order chi connectivity index (χ0) is 17.2. The number of carbonyl (C=O) groups excluding carboxylic acids is 1. The summed E-state index contributed by atoms with van der Waals surface area (Å²) in [6, 6.07) is 13.2. The summed E-state index contributed by atoms with van der Waals surface area (Å²) in [4.78, 5) is 17.1. The summed E-state index contributed by atoms with van der Waals surface area (Å²) < 4.78 is 15.3. The average molecular weight is 335 g/mol. The second-order valence-electron chi connectivity index (χ2n) is 6.19. The molecule has 0 radical (unpaired) electrons. The van der Waals surface area contributed by atoms with E-state index in [0.29, 0.717) is 11.3 Å². The van der Waals surface area contributed by atoms with Gasteiger partial charge >= 0.3 is 0 Å². The summed E-state index contributed by atoms with van der Waals surface area (Å²) in [5.41, 5.74) is 3.25. The summed E-state index contributed by atoms with van der Waals surface area (Å²) in [5, 5.41) is 2.93. The molecule has 126 valence electrons. The molecule has 1 amide bonds. The number of nitrogens with one attached hydrogen (secondary N) is 1. The molecule has 0 atom stereocenters. The highest BCUT2D eigenvalue weighted by Gasteiger charge is 2.18. The van der Waals surface area contributed by atoms with Crippen molar-refractivity contribution in [3.05, 3.63) is 71.8 Å². The minimum absolute atomic E-state index is 0.266. The summed E-state index contributed by atoms with van der Waals surface area (Å²) >= 11 is 0. The Morgan fingerprint density at radius 2 is 1.88 bits per heavy atom. The Hall–Kier alpha value is -2.95. The van der Waals surface area contributed by atoms with Crippen LogP contribution in [0.2, 0.25) is 0 Å². The van der Waals surface area contributed by atoms with E-state index in [4.69, 9.17) is 0 Å². The molecule has 5 heteroatoms. The van der Waals surface area contributed by atoms with Crippen molar-refractivity contribution in [1.29, 1.82) is 0 Å². The molecule has 3 aromatic rings. The van der Waals surface area contributed by atoms with Crippen molar-refractivity contribution in [2.45, 2.75) is 25.8 Å². The van der Waals surface area contributed by atoms with Crippen LogP contribution in [0, 0.1) is 5.82 Å². The van der Waals surface area contributed by atoms with Gasteiger partial charge in [0.15, 0.2) is 0 Å². The van der Waals surface area contributed by atoms with Gasteiger partial charge in [-0.05, 0) is 55.7 Å². The van der Waals surface area contributed by atoms with E-state index in [-0.39, 0.29) is 11.7 Å². The molecule has 1 aliphatic rings. The molecule has 0 unspecified atom stereocenters. The third kappa shape index (κ3) is 3.05. The molecule has 2 aromatic carbocycles.